The third-order valence-electron chi connectivity index (χ3n) is 3.95. The summed E-state index contributed by atoms with van der Waals surface area (Å²) < 4.78 is 42.8. The smallest absolute Gasteiger partial charge is 0.367 e. The molecule has 3 rings (SSSR count). The number of benzene rings is 2. The number of alkyl halides is 3. The predicted molar refractivity (Wildman–Crippen MR) is 98.8 cm³/mol. The third kappa shape index (κ3) is 5.20. The number of ether oxygens (including phenoxy) is 1. The van der Waals surface area contributed by atoms with E-state index in [-0.39, 0.29) is 12.5 Å². The van der Waals surface area contributed by atoms with Crippen LogP contribution in [-0.4, -0.2) is 28.2 Å². The molecule has 8 heteroatoms. The minimum Gasteiger partial charge on any atom is -0.367 e. The van der Waals surface area contributed by atoms with Crippen LogP contribution in [0.5, 0.6) is 0 Å². The fourth-order valence-electron chi connectivity index (χ4n) is 2.62. The molecule has 0 aliphatic heterocycles. The summed E-state index contributed by atoms with van der Waals surface area (Å²) in [5.74, 6) is 0.457. The second-order valence-electron chi connectivity index (χ2n) is 6.20. The Kier molecular flexibility index (Phi) is 5.79. The van der Waals surface area contributed by atoms with Crippen LogP contribution < -0.4 is 5.32 Å². The average Bonchev–Trinajstić information content (AvgIpc) is 3.07. The molecule has 0 bridgehead atoms. The first-order valence-electron chi connectivity index (χ1n) is 8.44. The van der Waals surface area contributed by atoms with Crippen LogP contribution in [0.15, 0.2) is 60.9 Å². The second-order valence-corrected chi connectivity index (χ2v) is 6.20. The summed E-state index contributed by atoms with van der Waals surface area (Å²) >= 11 is 0. The molecular formula is C20H18F3N3O2. The zero-order chi connectivity index (χ0) is 20.1. The van der Waals surface area contributed by atoms with Gasteiger partial charge in [0.1, 0.15) is 12.4 Å². The number of rotatable bonds is 6. The van der Waals surface area contributed by atoms with E-state index in [0.29, 0.717) is 16.8 Å². The van der Waals surface area contributed by atoms with Crippen LogP contribution >= 0.6 is 0 Å². The van der Waals surface area contributed by atoms with Crippen LogP contribution in [-0.2, 0) is 18.4 Å². The number of carbonyl (C=O) groups excluding carboxylic acids is 1. The number of hydrogen-bond acceptors (Lipinski definition) is 3. The molecule has 0 saturated heterocycles. The lowest BCUT2D eigenvalue weighted by Crippen LogP contribution is -2.16. The number of imidazole rings is 1. The predicted octanol–water partition coefficient (Wildman–Crippen LogP) is 4.42. The van der Waals surface area contributed by atoms with E-state index in [0.717, 1.165) is 11.4 Å². The van der Waals surface area contributed by atoms with Gasteiger partial charge in [-0.1, -0.05) is 24.3 Å². The van der Waals surface area contributed by atoms with E-state index in [1.807, 2.05) is 36.0 Å². The molecule has 0 atom stereocenters. The van der Waals surface area contributed by atoms with Gasteiger partial charge >= 0.3 is 6.18 Å². The van der Waals surface area contributed by atoms with Gasteiger partial charge in [0.2, 0.25) is 0 Å². The molecule has 28 heavy (non-hydrogen) atoms. The van der Waals surface area contributed by atoms with Gasteiger partial charge in [0.05, 0.1) is 6.61 Å². The Morgan fingerprint density at radius 2 is 1.93 bits per heavy atom. The van der Waals surface area contributed by atoms with Gasteiger partial charge in [-0.05, 0) is 29.8 Å². The lowest BCUT2D eigenvalue weighted by atomic mass is 10.1. The first-order valence-corrected chi connectivity index (χ1v) is 8.44. The number of aromatic nitrogens is 2. The van der Waals surface area contributed by atoms with Gasteiger partial charge in [-0.2, -0.15) is 13.2 Å². The van der Waals surface area contributed by atoms with E-state index in [2.05, 4.69) is 15.0 Å². The fraction of sp³-hybridized carbons (Fsp3) is 0.200. The molecule has 1 N–H and O–H groups in total. The Labute approximate surface area is 159 Å². The molecule has 1 aromatic heterocycles. The monoisotopic (exact) mass is 389 g/mol. The third-order valence-corrected chi connectivity index (χ3v) is 3.95. The molecule has 0 unspecified atom stereocenters. The van der Waals surface area contributed by atoms with Gasteiger partial charge in [-0.25, -0.2) is 4.98 Å². The topological polar surface area (TPSA) is 56.2 Å². The second kappa shape index (κ2) is 8.26. The van der Waals surface area contributed by atoms with E-state index in [9.17, 15) is 18.0 Å². The van der Waals surface area contributed by atoms with E-state index < -0.39 is 12.8 Å². The lowest BCUT2D eigenvalue weighted by Gasteiger charge is -2.09. The molecule has 1 amide bonds. The van der Waals surface area contributed by atoms with Crippen molar-refractivity contribution in [3.8, 4) is 11.4 Å². The van der Waals surface area contributed by atoms with Crippen molar-refractivity contribution < 1.29 is 22.7 Å². The van der Waals surface area contributed by atoms with Crippen molar-refractivity contribution in [3.05, 3.63) is 72.1 Å². The van der Waals surface area contributed by atoms with Gasteiger partial charge in [0, 0.05) is 36.3 Å². The summed E-state index contributed by atoms with van der Waals surface area (Å²) in [6.07, 6.45) is -0.829. The molecule has 1 heterocycles. The summed E-state index contributed by atoms with van der Waals surface area (Å²) in [4.78, 5) is 16.7. The minimum absolute atomic E-state index is 0.173. The molecule has 0 radical (unpaired) electrons. The Morgan fingerprint density at radius 3 is 2.57 bits per heavy atom. The highest BCUT2D eigenvalue weighted by atomic mass is 19.4. The molecule has 0 aliphatic rings. The standard InChI is InChI=1S/C20H18F3N3O2/c1-26-10-9-24-18(26)16-3-2-4-17(11-16)25-19(27)15-7-5-14(6-8-15)12-28-13-20(21,22)23/h2-11H,12-13H2,1H3,(H,25,27). The quantitative estimate of drug-likeness (QED) is 0.679. The number of hydrogen-bond donors (Lipinski definition) is 1. The van der Waals surface area contributed by atoms with Crippen LogP contribution in [0.4, 0.5) is 18.9 Å². The van der Waals surface area contributed by atoms with Crippen molar-refractivity contribution in [2.45, 2.75) is 12.8 Å². The Balaban J connectivity index is 1.63. The van der Waals surface area contributed by atoms with Crippen LogP contribution in [0.2, 0.25) is 0 Å². The molecule has 0 fully saturated rings. The van der Waals surface area contributed by atoms with Crippen molar-refractivity contribution in [2.75, 3.05) is 11.9 Å². The maximum Gasteiger partial charge on any atom is 0.411 e. The maximum absolute atomic E-state index is 12.4. The highest BCUT2D eigenvalue weighted by Crippen LogP contribution is 2.21. The molecule has 0 spiro atoms. The normalized spacial score (nSPS) is 11.4. The minimum atomic E-state index is -4.36. The van der Waals surface area contributed by atoms with Gasteiger partial charge in [-0.3, -0.25) is 4.79 Å². The van der Waals surface area contributed by atoms with Crippen molar-refractivity contribution in [1.82, 2.24) is 9.55 Å². The SMILES string of the molecule is Cn1ccnc1-c1cccc(NC(=O)c2ccc(COCC(F)(F)F)cc2)c1. The number of amides is 1. The number of nitrogens with one attached hydrogen (secondary N) is 1. The Hall–Kier alpha value is -3.13. The van der Waals surface area contributed by atoms with Crippen LogP contribution in [0.25, 0.3) is 11.4 Å². The maximum atomic E-state index is 12.4. The van der Waals surface area contributed by atoms with E-state index in [4.69, 9.17) is 0 Å². The summed E-state index contributed by atoms with van der Waals surface area (Å²) in [6, 6.07) is 13.5. The van der Waals surface area contributed by atoms with Crippen molar-refractivity contribution in [2.24, 2.45) is 7.05 Å². The van der Waals surface area contributed by atoms with Gasteiger partial charge < -0.3 is 14.6 Å². The molecule has 5 nitrogen and oxygen atoms in total. The Morgan fingerprint density at radius 1 is 1.18 bits per heavy atom. The summed E-state index contributed by atoms with van der Waals surface area (Å²) in [7, 11) is 1.88. The summed E-state index contributed by atoms with van der Waals surface area (Å²) in [5, 5.41) is 2.81. The van der Waals surface area contributed by atoms with E-state index >= 15 is 0 Å². The number of aryl methyl sites for hydroxylation is 1. The molecule has 146 valence electrons. The molecule has 3 aromatic rings. The molecule has 0 saturated carbocycles. The van der Waals surface area contributed by atoms with E-state index in [1.165, 1.54) is 0 Å². The van der Waals surface area contributed by atoms with Gasteiger partial charge in [0.25, 0.3) is 5.91 Å². The number of halogens is 3. The summed E-state index contributed by atoms with van der Waals surface area (Å²) in [5.41, 5.74) is 2.42. The zero-order valence-electron chi connectivity index (χ0n) is 15.0. The van der Waals surface area contributed by atoms with Crippen LogP contribution in [0.3, 0.4) is 0 Å². The van der Waals surface area contributed by atoms with Crippen molar-refractivity contribution >= 4 is 11.6 Å². The van der Waals surface area contributed by atoms with Crippen molar-refractivity contribution in [1.29, 1.82) is 0 Å². The number of carbonyl (C=O) groups is 1. The molecular weight excluding hydrogens is 371 g/mol. The van der Waals surface area contributed by atoms with E-state index in [1.54, 1.807) is 36.5 Å². The lowest BCUT2D eigenvalue weighted by molar-refractivity contribution is -0.176. The van der Waals surface area contributed by atoms with Crippen LogP contribution in [0, 0.1) is 0 Å². The highest BCUT2D eigenvalue weighted by molar-refractivity contribution is 6.04. The average molecular weight is 389 g/mol. The highest BCUT2D eigenvalue weighted by Gasteiger charge is 2.27. The fourth-order valence-corrected chi connectivity index (χ4v) is 2.62. The first kappa shape index (κ1) is 19.6. The van der Waals surface area contributed by atoms with Crippen molar-refractivity contribution in [3.63, 3.8) is 0 Å². The molecule has 0 aliphatic carbocycles. The number of nitrogens with zero attached hydrogens (tertiary/aromatic N) is 2. The zero-order valence-corrected chi connectivity index (χ0v) is 15.0. The first-order chi connectivity index (χ1) is 13.3. The Bertz CT molecular complexity index is 950. The largest absolute Gasteiger partial charge is 0.411 e. The van der Waals surface area contributed by atoms with Gasteiger partial charge in [0.15, 0.2) is 0 Å². The van der Waals surface area contributed by atoms with Gasteiger partial charge in [-0.15, -0.1) is 0 Å². The van der Waals surface area contributed by atoms with Crippen LogP contribution in [0.1, 0.15) is 15.9 Å². The summed E-state index contributed by atoms with van der Waals surface area (Å²) in [6.45, 7) is -1.48. The molecule has 2 aromatic carbocycles. The number of anilines is 1.